The third-order valence-corrected chi connectivity index (χ3v) is 6.55. The molecule has 242 valence electrons. The summed E-state index contributed by atoms with van der Waals surface area (Å²) in [4.78, 5) is 42.5. The molecule has 0 saturated carbocycles. The highest BCUT2D eigenvalue weighted by molar-refractivity contribution is 5.97. The number of rotatable bonds is 16. The number of nitrogens with one attached hydrogen (secondary N) is 1. The van der Waals surface area contributed by atoms with Gasteiger partial charge in [0, 0.05) is 19.4 Å². The topological polar surface area (TPSA) is 122 Å². The number of carbonyl (C=O) groups is 3. The van der Waals surface area contributed by atoms with Crippen LogP contribution in [-0.4, -0.2) is 50.6 Å². The summed E-state index contributed by atoms with van der Waals surface area (Å²) < 4.78 is 41.7. The van der Waals surface area contributed by atoms with E-state index in [-0.39, 0.29) is 29.4 Å². The summed E-state index contributed by atoms with van der Waals surface area (Å²) in [5.74, 6) is -2.48. The largest absolute Gasteiger partial charge is 0.493 e. The number of ether oxygens (including phenoxy) is 5. The summed E-state index contributed by atoms with van der Waals surface area (Å²) in [7, 11) is 1.36. The van der Waals surface area contributed by atoms with Crippen LogP contribution < -0.4 is 10.1 Å². The lowest BCUT2D eigenvalue weighted by Gasteiger charge is -2.27. The Hall–Kier alpha value is -5.45. The van der Waals surface area contributed by atoms with Gasteiger partial charge in [-0.25, -0.2) is 9.18 Å². The van der Waals surface area contributed by atoms with E-state index in [9.17, 15) is 18.8 Å². The fourth-order valence-corrected chi connectivity index (χ4v) is 4.38. The van der Waals surface area contributed by atoms with Crippen LogP contribution in [0.2, 0.25) is 0 Å². The van der Waals surface area contributed by atoms with E-state index in [0.29, 0.717) is 5.56 Å². The molecule has 10 nitrogen and oxygen atoms in total. The van der Waals surface area contributed by atoms with Crippen LogP contribution in [0.25, 0.3) is 0 Å². The van der Waals surface area contributed by atoms with Gasteiger partial charge in [0.1, 0.15) is 23.7 Å². The predicted octanol–water partition coefficient (Wildman–Crippen LogP) is 5.60. The van der Waals surface area contributed by atoms with Gasteiger partial charge >= 0.3 is 11.9 Å². The third-order valence-electron chi connectivity index (χ3n) is 6.55. The van der Waals surface area contributed by atoms with Crippen LogP contribution in [0.15, 0.2) is 113 Å². The van der Waals surface area contributed by atoms with Gasteiger partial charge in [0.15, 0.2) is 23.3 Å². The highest BCUT2D eigenvalue weighted by Gasteiger charge is 2.31. The molecule has 11 heteroatoms. The Morgan fingerprint density at radius 1 is 0.978 bits per heavy atom. The zero-order chi connectivity index (χ0) is 33.5. The minimum absolute atomic E-state index is 0.0632. The number of halogens is 1. The maximum atomic E-state index is 14.0. The molecule has 0 bridgehead atoms. The zero-order valence-corrected chi connectivity index (χ0v) is 26.1. The van der Waals surface area contributed by atoms with Gasteiger partial charge in [-0.3, -0.25) is 14.6 Å². The van der Waals surface area contributed by atoms with Crippen molar-refractivity contribution in [1.29, 1.82) is 0 Å². The van der Waals surface area contributed by atoms with Crippen molar-refractivity contribution in [3.8, 4) is 5.75 Å². The van der Waals surface area contributed by atoms with Gasteiger partial charge in [-0.1, -0.05) is 66.7 Å². The van der Waals surface area contributed by atoms with Crippen LogP contribution in [0, 0.1) is 5.82 Å². The lowest BCUT2D eigenvalue weighted by atomic mass is 10.0. The Morgan fingerprint density at radius 2 is 1.65 bits per heavy atom. The predicted molar refractivity (Wildman–Crippen MR) is 169 cm³/mol. The molecule has 0 fully saturated rings. The van der Waals surface area contributed by atoms with Gasteiger partial charge < -0.3 is 29.0 Å². The molecule has 46 heavy (non-hydrogen) atoms. The number of hydrogen-bond donors (Lipinski definition) is 1. The Balaban J connectivity index is 1.93. The minimum Gasteiger partial charge on any atom is -0.493 e. The number of carbonyl (C=O) groups excluding carboxylic acids is 3. The first-order chi connectivity index (χ1) is 22.2. The second kappa shape index (κ2) is 17.7. The Bertz CT molecular complexity index is 1540. The van der Waals surface area contributed by atoms with Gasteiger partial charge in [0.25, 0.3) is 5.91 Å². The normalized spacial score (nSPS) is 13.6. The summed E-state index contributed by atoms with van der Waals surface area (Å²) in [6.45, 7) is 7.44. The fraction of sp³-hybridized carbons (Fsp3) is 0.257. The van der Waals surface area contributed by atoms with Gasteiger partial charge in [-0.2, -0.15) is 0 Å². The first kappa shape index (κ1) is 35.0. The molecule has 3 atom stereocenters. The number of allylic oxidation sites excluding steroid dienone is 1. The van der Waals surface area contributed by atoms with E-state index in [1.54, 1.807) is 68.4 Å². The maximum absolute atomic E-state index is 14.0. The first-order valence-electron chi connectivity index (χ1n) is 14.4. The number of nitrogens with zero attached hydrogens (tertiary/aromatic N) is 1. The Morgan fingerprint density at radius 3 is 2.24 bits per heavy atom. The van der Waals surface area contributed by atoms with Gasteiger partial charge in [0.2, 0.25) is 6.79 Å². The standard InChI is InChI=1S/C35H37FN2O8/c1-6-30(42-5)33(44-22-43-24(3)39)31(37-4)34(40)38-29(20-25-14-9-7-10-15-25)35(41)45-23(2)32(26-16-11-8-12-17-26)46-28-19-13-18-27(36)21-28/h6-19,21,23,29,32H,4,20,22H2,1-3,5H3,(H,38,40)/b30-6+,33-31+/t23-,29-,32-/m0/s1. The lowest BCUT2D eigenvalue weighted by Crippen LogP contribution is -2.45. The molecule has 0 radical (unpaired) electrons. The molecular weight excluding hydrogens is 595 g/mol. The number of hydrogen-bond acceptors (Lipinski definition) is 9. The molecule has 0 aromatic heterocycles. The monoisotopic (exact) mass is 632 g/mol. The molecule has 1 amide bonds. The highest BCUT2D eigenvalue weighted by Crippen LogP contribution is 2.28. The van der Waals surface area contributed by atoms with E-state index >= 15 is 0 Å². The van der Waals surface area contributed by atoms with Crippen molar-refractivity contribution in [3.05, 3.63) is 125 Å². The smallest absolute Gasteiger partial charge is 0.329 e. The van der Waals surface area contributed by atoms with Crippen molar-refractivity contribution < 1.29 is 42.5 Å². The van der Waals surface area contributed by atoms with Crippen LogP contribution in [0.4, 0.5) is 4.39 Å². The molecule has 0 heterocycles. The van der Waals surface area contributed by atoms with Crippen LogP contribution in [0.3, 0.4) is 0 Å². The van der Waals surface area contributed by atoms with E-state index in [1.165, 1.54) is 38.3 Å². The summed E-state index contributed by atoms with van der Waals surface area (Å²) in [5, 5.41) is 2.67. The Kier molecular flexibility index (Phi) is 13.5. The van der Waals surface area contributed by atoms with Gasteiger partial charge in [-0.05, 0) is 49.9 Å². The van der Waals surface area contributed by atoms with Gasteiger partial charge in [0.05, 0.1) is 7.11 Å². The van der Waals surface area contributed by atoms with Crippen molar-refractivity contribution in [3.63, 3.8) is 0 Å². The average molecular weight is 633 g/mol. The Labute approximate surface area is 267 Å². The second-order valence-corrected chi connectivity index (χ2v) is 9.86. The summed E-state index contributed by atoms with van der Waals surface area (Å²) in [6.07, 6.45) is -0.119. The fourth-order valence-electron chi connectivity index (χ4n) is 4.38. The zero-order valence-electron chi connectivity index (χ0n) is 26.1. The molecule has 0 spiro atoms. The number of benzene rings is 3. The van der Waals surface area contributed by atoms with Crippen LogP contribution >= 0.6 is 0 Å². The maximum Gasteiger partial charge on any atom is 0.329 e. The molecular formula is C35H37FN2O8. The number of methoxy groups -OCH3 is 1. The van der Waals surface area contributed by atoms with Crippen LogP contribution in [0.1, 0.15) is 38.0 Å². The minimum atomic E-state index is -1.20. The molecule has 0 unspecified atom stereocenters. The molecule has 3 rings (SSSR count). The SMILES string of the molecule is C=N/C(C(=O)N[C@@H](Cc1ccccc1)C(=O)O[C@@H](C)[C@H](Oc1cccc(F)c1)c1ccccc1)=C(OCOC(C)=O)\C(=C/C)OC. The second-order valence-electron chi connectivity index (χ2n) is 9.86. The van der Waals surface area contributed by atoms with Crippen molar-refractivity contribution in [2.75, 3.05) is 13.9 Å². The summed E-state index contributed by atoms with van der Waals surface area (Å²) in [6, 6.07) is 22.5. The molecule has 0 aliphatic rings. The summed E-state index contributed by atoms with van der Waals surface area (Å²) >= 11 is 0. The average Bonchev–Trinajstić information content (AvgIpc) is 3.04. The molecule has 3 aromatic carbocycles. The molecule has 1 N–H and O–H groups in total. The number of esters is 2. The van der Waals surface area contributed by atoms with Gasteiger partial charge in [-0.15, -0.1) is 0 Å². The summed E-state index contributed by atoms with van der Waals surface area (Å²) in [5.41, 5.74) is 1.10. The third kappa shape index (κ3) is 10.3. The van der Waals surface area contributed by atoms with E-state index in [0.717, 1.165) is 5.56 Å². The van der Waals surface area contributed by atoms with Crippen molar-refractivity contribution in [2.45, 2.75) is 45.4 Å². The quantitative estimate of drug-likeness (QED) is 0.0541. The highest BCUT2D eigenvalue weighted by atomic mass is 19.1. The molecule has 0 aliphatic heterocycles. The molecule has 0 aliphatic carbocycles. The first-order valence-corrected chi connectivity index (χ1v) is 14.4. The molecule has 3 aromatic rings. The van der Waals surface area contributed by atoms with Crippen LogP contribution in [0.5, 0.6) is 5.75 Å². The number of amides is 1. The van der Waals surface area contributed by atoms with Crippen LogP contribution in [-0.2, 0) is 39.8 Å². The lowest BCUT2D eigenvalue weighted by molar-refractivity contribution is -0.156. The number of aliphatic imine (C=N–C) groups is 1. The van der Waals surface area contributed by atoms with E-state index < -0.39 is 48.7 Å². The van der Waals surface area contributed by atoms with Crippen molar-refractivity contribution in [1.82, 2.24) is 5.32 Å². The van der Waals surface area contributed by atoms with Crippen molar-refractivity contribution >= 4 is 24.6 Å². The van der Waals surface area contributed by atoms with E-state index in [4.69, 9.17) is 23.7 Å². The van der Waals surface area contributed by atoms with E-state index in [1.807, 2.05) is 12.1 Å². The van der Waals surface area contributed by atoms with Crippen molar-refractivity contribution in [2.24, 2.45) is 4.99 Å². The molecule has 0 saturated heterocycles. The van der Waals surface area contributed by atoms with E-state index in [2.05, 4.69) is 17.0 Å².